The third-order valence-corrected chi connectivity index (χ3v) is 5.94. The number of rotatable bonds is 3. The van der Waals surface area contributed by atoms with E-state index in [1.807, 2.05) is 15.9 Å². The maximum absolute atomic E-state index is 13.0. The monoisotopic (exact) mass is 418 g/mol. The largest absolute Gasteiger partial charge is 0.416 e. The Labute approximate surface area is 174 Å². The minimum absolute atomic E-state index is 0.0390. The summed E-state index contributed by atoms with van der Waals surface area (Å²) in [5, 5.41) is 0. The Morgan fingerprint density at radius 2 is 1.80 bits per heavy atom. The maximum atomic E-state index is 13.0. The molecule has 1 aromatic carbocycles. The van der Waals surface area contributed by atoms with E-state index in [-0.39, 0.29) is 11.9 Å². The summed E-state index contributed by atoms with van der Waals surface area (Å²) in [6.07, 6.45) is -0.738. The van der Waals surface area contributed by atoms with Gasteiger partial charge in [0.25, 0.3) is 5.91 Å². The van der Waals surface area contributed by atoms with Crippen LogP contribution in [0.25, 0.3) is 0 Å². The number of benzene rings is 1. The number of carbonyl (C=O) groups is 1. The normalized spacial score (nSPS) is 21.0. The van der Waals surface area contributed by atoms with Crippen LogP contribution >= 0.6 is 0 Å². The number of hydrogen-bond acceptors (Lipinski definition) is 4. The standard InChI is InChI=1S/C22H25F3N4O/c23-22(24,25)17-5-3-6-18(15-17)27-11-13-28(14-12-27)19-7-4-10-29(16-19)21(30)20-8-1-2-9-26-20/h1-3,5-6,8-9,15,19H,4,7,10-14,16H2/t19-/m0/s1. The smallest absolute Gasteiger partial charge is 0.369 e. The van der Waals surface area contributed by atoms with Gasteiger partial charge in [-0.05, 0) is 43.2 Å². The van der Waals surface area contributed by atoms with Gasteiger partial charge in [-0.3, -0.25) is 14.7 Å². The average molecular weight is 418 g/mol. The Morgan fingerprint density at radius 3 is 2.50 bits per heavy atom. The first-order chi connectivity index (χ1) is 14.4. The molecule has 0 bridgehead atoms. The number of piperidine rings is 1. The van der Waals surface area contributed by atoms with E-state index in [4.69, 9.17) is 0 Å². The molecule has 2 aliphatic rings. The first kappa shape index (κ1) is 20.7. The van der Waals surface area contributed by atoms with Gasteiger partial charge in [-0.1, -0.05) is 12.1 Å². The number of hydrogen-bond donors (Lipinski definition) is 0. The van der Waals surface area contributed by atoms with Gasteiger partial charge in [0, 0.05) is 57.2 Å². The molecule has 1 aromatic heterocycles. The molecule has 4 rings (SSSR count). The van der Waals surface area contributed by atoms with Crippen molar-refractivity contribution in [1.82, 2.24) is 14.8 Å². The highest BCUT2D eigenvalue weighted by molar-refractivity contribution is 5.92. The lowest BCUT2D eigenvalue weighted by atomic mass is 10.0. The molecule has 3 heterocycles. The molecule has 1 atom stereocenters. The topological polar surface area (TPSA) is 39.7 Å². The lowest BCUT2D eigenvalue weighted by molar-refractivity contribution is -0.137. The fourth-order valence-corrected chi connectivity index (χ4v) is 4.31. The van der Waals surface area contributed by atoms with Crippen molar-refractivity contribution in [2.45, 2.75) is 25.1 Å². The third-order valence-electron chi connectivity index (χ3n) is 5.94. The van der Waals surface area contributed by atoms with Gasteiger partial charge < -0.3 is 9.80 Å². The van der Waals surface area contributed by atoms with Crippen molar-refractivity contribution in [3.05, 3.63) is 59.9 Å². The molecule has 0 unspecified atom stereocenters. The van der Waals surface area contributed by atoms with Gasteiger partial charge >= 0.3 is 6.18 Å². The Balaban J connectivity index is 1.35. The molecule has 2 aromatic rings. The highest BCUT2D eigenvalue weighted by atomic mass is 19.4. The van der Waals surface area contributed by atoms with Crippen LogP contribution in [0.15, 0.2) is 48.7 Å². The fourth-order valence-electron chi connectivity index (χ4n) is 4.31. The molecule has 0 spiro atoms. The summed E-state index contributed by atoms with van der Waals surface area (Å²) >= 11 is 0. The summed E-state index contributed by atoms with van der Waals surface area (Å²) in [6.45, 7) is 4.28. The quantitative estimate of drug-likeness (QED) is 0.765. The molecule has 8 heteroatoms. The molecule has 30 heavy (non-hydrogen) atoms. The Morgan fingerprint density at radius 1 is 1.00 bits per heavy atom. The van der Waals surface area contributed by atoms with E-state index < -0.39 is 11.7 Å². The molecule has 1 amide bonds. The Kier molecular flexibility index (Phi) is 5.94. The second kappa shape index (κ2) is 8.63. The van der Waals surface area contributed by atoms with Crippen LogP contribution in [0.5, 0.6) is 0 Å². The zero-order chi connectivity index (χ0) is 21.1. The number of alkyl halides is 3. The van der Waals surface area contributed by atoms with E-state index in [1.165, 1.54) is 12.1 Å². The Bertz CT molecular complexity index is 866. The van der Waals surface area contributed by atoms with Crippen LogP contribution in [-0.4, -0.2) is 66.0 Å². The number of piperazine rings is 1. The zero-order valence-corrected chi connectivity index (χ0v) is 16.7. The number of aromatic nitrogens is 1. The van der Waals surface area contributed by atoms with Crippen molar-refractivity contribution in [1.29, 1.82) is 0 Å². The van der Waals surface area contributed by atoms with Gasteiger partial charge in [-0.2, -0.15) is 13.2 Å². The van der Waals surface area contributed by atoms with Gasteiger partial charge in [0.1, 0.15) is 5.69 Å². The molecule has 2 fully saturated rings. The molecule has 2 saturated heterocycles. The minimum Gasteiger partial charge on any atom is -0.369 e. The average Bonchev–Trinajstić information content (AvgIpc) is 2.79. The van der Waals surface area contributed by atoms with Gasteiger partial charge in [0.15, 0.2) is 0 Å². The molecule has 0 aliphatic carbocycles. The van der Waals surface area contributed by atoms with Crippen LogP contribution < -0.4 is 4.90 Å². The molecule has 0 radical (unpaired) electrons. The van der Waals surface area contributed by atoms with Crippen molar-refractivity contribution in [2.24, 2.45) is 0 Å². The molecule has 2 aliphatic heterocycles. The second-order valence-corrected chi connectivity index (χ2v) is 7.83. The van der Waals surface area contributed by atoms with E-state index in [0.717, 1.165) is 38.5 Å². The summed E-state index contributed by atoms with van der Waals surface area (Å²) in [4.78, 5) is 23.1. The Hall–Kier alpha value is -2.61. The SMILES string of the molecule is O=C(c1ccccn1)N1CCC[C@H](N2CCN(c3cccc(C(F)(F)F)c3)CC2)C1. The number of halogens is 3. The van der Waals surface area contributed by atoms with Crippen LogP contribution in [-0.2, 0) is 6.18 Å². The minimum atomic E-state index is -4.33. The van der Waals surface area contributed by atoms with Crippen LogP contribution in [0, 0.1) is 0 Å². The van der Waals surface area contributed by atoms with Crippen molar-refractivity contribution < 1.29 is 18.0 Å². The zero-order valence-electron chi connectivity index (χ0n) is 16.7. The van der Waals surface area contributed by atoms with Crippen molar-refractivity contribution in [3.8, 4) is 0 Å². The summed E-state index contributed by atoms with van der Waals surface area (Å²) in [6, 6.07) is 11.1. The number of pyridine rings is 1. The summed E-state index contributed by atoms with van der Waals surface area (Å²) < 4.78 is 39.0. The highest BCUT2D eigenvalue weighted by Crippen LogP contribution is 2.32. The number of amides is 1. The first-order valence-electron chi connectivity index (χ1n) is 10.3. The van der Waals surface area contributed by atoms with Gasteiger partial charge in [-0.15, -0.1) is 0 Å². The van der Waals surface area contributed by atoms with Crippen molar-refractivity contribution in [2.75, 3.05) is 44.2 Å². The van der Waals surface area contributed by atoms with Crippen molar-refractivity contribution >= 4 is 11.6 Å². The van der Waals surface area contributed by atoms with Crippen LogP contribution in [0.1, 0.15) is 28.9 Å². The third kappa shape index (κ3) is 4.59. The van der Waals surface area contributed by atoms with E-state index >= 15 is 0 Å². The molecular weight excluding hydrogens is 393 g/mol. The van der Waals surface area contributed by atoms with E-state index in [0.29, 0.717) is 31.0 Å². The van der Waals surface area contributed by atoms with Crippen LogP contribution in [0.3, 0.4) is 0 Å². The van der Waals surface area contributed by atoms with Gasteiger partial charge in [0.05, 0.1) is 5.56 Å². The van der Waals surface area contributed by atoms with Gasteiger partial charge in [0.2, 0.25) is 0 Å². The maximum Gasteiger partial charge on any atom is 0.416 e. The number of likely N-dealkylation sites (tertiary alicyclic amines) is 1. The first-order valence-corrected chi connectivity index (χ1v) is 10.3. The van der Waals surface area contributed by atoms with Crippen molar-refractivity contribution in [3.63, 3.8) is 0 Å². The van der Waals surface area contributed by atoms with E-state index in [9.17, 15) is 18.0 Å². The number of carbonyl (C=O) groups excluding carboxylic acids is 1. The predicted molar refractivity (Wildman–Crippen MR) is 108 cm³/mol. The van der Waals surface area contributed by atoms with E-state index in [1.54, 1.807) is 24.4 Å². The lowest BCUT2D eigenvalue weighted by Gasteiger charge is -2.44. The summed E-state index contributed by atoms with van der Waals surface area (Å²) in [7, 11) is 0. The highest BCUT2D eigenvalue weighted by Gasteiger charge is 2.33. The molecular formula is C22H25F3N4O. The molecule has 0 N–H and O–H groups in total. The summed E-state index contributed by atoms with van der Waals surface area (Å²) in [5.74, 6) is -0.0390. The van der Waals surface area contributed by atoms with Crippen LogP contribution in [0.4, 0.5) is 18.9 Å². The second-order valence-electron chi connectivity index (χ2n) is 7.83. The predicted octanol–water partition coefficient (Wildman–Crippen LogP) is 3.53. The summed E-state index contributed by atoms with van der Waals surface area (Å²) in [5.41, 5.74) is 0.464. The number of anilines is 1. The van der Waals surface area contributed by atoms with Crippen LogP contribution in [0.2, 0.25) is 0 Å². The van der Waals surface area contributed by atoms with Gasteiger partial charge in [-0.25, -0.2) is 0 Å². The lowest BCUT2D eigenvalue weighted by Crippen LogP contribution is -2.56. The number of nitrogens with zero attached hydrogens (tertiary/aromatic N) is 4. The fraction of sp³-hybridized carbons (Fsp3) is 0.455. The molecule has 0 saturated carbocycles. The van der Waals surface area contributed by atoms with E-state index in [2.05, 4.69) is 9.88 Å². The molecule has 160 valence electrons. The molecule has 5 nitrogen and oxygen atoms in total.